The van der Waals surface area contributed by atoms with E-state index >= 15 is 0 Å². The molecule has 100 valence electrons. The molecule has 18 heavy (non-hydrogen) atoms. The summed E-state index contributed by atoms with van der Waals surface area (Å²) in [5.41, 5.74) is 2.75. The molecule has 3 heteroatoms. The van der Waals surface area contributed by atoms with Gasteiger partial charge in [0.05, 0.1) is 0 Å². The minimum Gasteiger partial charge on any atom is -0.385 e. The molecule has 1 N–H and O–H groups in total. The van der Waals surface area contributed by atoms with Gasteiger partial charge in [-0.05, 0) is 43.9 Å². The summed E-state index contributed by atoms with van der Waals surface area (Å²) in [6.07, 6.45) is 6.69. The summed E-state index contributed by atoms with van der Waals surface area (Å²) in [4.78, 5) is 4.63. The maximum atomic E-state index is 5.24. The third kappa shape index (κ3) is 3.09. The number of likely N-dealkylation sites (N-methyl/N-ethyl adjacent to an activating group) is 1. The molecule has 1 aromatic heterocycles. The summed E-state index contributed by atoms with van der Waals surface area (Å²) < 4.78 is 5.24. The zero-order chi connectivity index (χ0) is 12.8. The fraction of sp³-hybridized carbons (Fsp3) is 0.667. The van der Waals surface area contributed by atoms with Gasteiger partial charge in [-0.3, -0.25) is 4.98 Å². The van der Waals surface area contributed by atoms with Crippen LogP contribution in [0.4, 0.5) is 0 Å². The van der Waals surface area contributed by atoms with Gasteiger partial charge in [-0.15, -0.1) is 0 Å². The van der Waals surface area contributed by atoms with Crippen molar-refractivity contribution in [1.82, 2.24) is 10.3 Å². The summed E-state index contributed by atoms with van der Waals surface area (Å²) in [6, 6.07) is 4.77. The molecule has 1 aromatic rings. The summed E-state index contributed by atoms with van der Waals surface area (Å²) in [7, 11) is 1.77. The molecule has 0 aromatic carbocycles. The van der Waals surface area contributed by atoms with Crippen molar-refractivity contribution in [2.24, 2.45) is 0 Å². The number of hydrogen-bond acceptors (Lipinski definition) is 3. The Morgan fingerprint density at radius 3 is 3.22 bits per heavy atom. The molecule has 0 saturated heterocycles. The second kappa shape index (κ2) is 6.86. The maximum absolute atomic E-state index is 5.24. The summed E-state index contributed by atoms with van der Waals surface area (Å²) in [5, 5.41) is 3.61. The van der Waals surface area contributed by atoms with Crippen LogP contribution < -0.4 is 5.32 Å². The SMILES string of the molecule is CCNC(CCOC)C1CCCc2cccnc21. The first-order valence-corrected chi connectivity index (χ1v) is 7.03. The molecular weight excluding hydrogens is 224 g/mol. The molecule has 2 atom stereocenters. The third-order valence-electron chi connectivity index (χ3n) is 3.82. The zero-order valence-corrected chi connectivity index (χ0v) is 11.5. The Morgan fingerprint density at radius 2 is 2.44 bits per heavy atom. The topological polar surface area (TPSA) is 34.1 Å². The van der Waals surface area contributed by atoms with E-state index < -0.39 is 0 Å². The first kappa shape index (κ1) is 13.5. The number of aryl methyl sites for hydroxylation is 1. The highest BCUT2D eigenvalue weighted by Crippen LogP contribution is 2.33. The minimum atomic E-state index is 0.490. The van der Waals surface area contributed by atoms with E-state index in [1.54, 1.807) is 7.11 Å². The molecule has 2 unspecified atom stereocenters. The van der Waals surface area contributed by atoms with E-state index in [0.29, 0.717) is 12.0 Å². The van der Waals surface area contributed by atoms with E-state index in [9.17, 15) is 0 Å². The van der Waals surface area contributed by atoms with Gasteiger partial charge >= 0.3 is 0 Å². The van der Waals surface area contributed by atoms with Gasteiger partial charge in [-0.2, -0.15) is 0 Å². The molecule has 1 aliphatic carbocycles. The molecule has 0 amide bonds. The van der Waals surface area contributed by atoms with Crippen molar-refractivity contribution in [1.29, 1.82) is 0 Å². The predicted octanol–water partition coefficient (Wildman–Crippen LogP) is 2.52. The van der Waals surface area contributed by atoms with Crippen LogP contribution in [0, 0.1) is 0 Å². The zero-order valence-electron chi connectivity index (χ0n) is 11.5. The molecule has 2 rings (SSSR count). The van der Waals surface area contributed by atoms with E-state index in [4.69, 9.17) is 4.74 Å². The molecule has 0 bridgehead atoms. The van der Waals surface area contributed by atoms with Crippen molar-refractivity contribution < 1.29 is 4.74 Å². The number of pyridine rings is 1. The minimum absolute atomic E-state index is 0.490. The van der Waals surface area contributed by atoms with E-state index in [-0.39, 0.29) is 0 Å². The number of methoxy groups -OCH3 is 1. The lowest BCUT2D eigenvalue weighted by molar-refractivity contribution is 0.175. The lowest BCUT2D eigenvalue weighted by Gasteiger charge is -2.31. The average molecular weight is 248 g/mol. The van der Waals surface area contributed by atoms with Gasteiger partial charge in [0.15, 0.2) is 0 Å². The summed E-state index contributed by atoms with van der Waals surface area (Å²) >= 11 is 0. The lowest BCUT2D eigenvalue weighted by atomic mass is 9.81. The Hall–Kier alpha value is -0.930. The Balaban J connectivity index is 2.15. The molecule has 1 heterocycles. The largest absolute Gasteiger partial charge is 0.385 e. The van der Waals surface area contributed by atoms with Crippen molar-refractivity contribution >= 4 is 0 Å². The lowest BCUT2D eigenvalue weighted by Crippen LogP contribution is -2.37. The number of nitrogens with one attached hydrogen (secondary N) is 1. The van der Waals surface area contributed by atoms with Gasteiger partial charge in [0, 0.05) is 37.6 Å². The van der Waals surface area contributed by atoms with Gasteiger partial charge in [0.25, 0.3) is 0 Å². The van der Waals surface area contributed by atoms with Crippen molar-refractivity contribution in [3.8, 4) is 0 Å². The van der Waals surface area contributed by atoms with Gasteiger partial charge in [0.1, 0.15) is 0 Å². The number of nitrogens with zero attached hydrogens (tertiary/aromatic N) is 1. The molecular formula is C15H24N2O. The van der Waals surface area contributed by atoms with Gasteiger partial charge in [-0.1, -0.05) is 13.0 Å². The van der Waals surface area contributed by atoms with E-state index in [0.717, 1.165) is 19.6 Å². The van der Waals surface area contributed by atoms with Crippen molar-refractivity contribution in [2.45, 2.75) is 44.6 Å². The molecule has 0 saturated carbocycles. The molecule has 0 radical (unpaired) electrons. The molecule has 0 fully saturated rings. The molecule has 3 nitrogen and oxygen atoms in total. The standard InChI is InChI=1S/C15H24N2O/c1-3-16-14(9-11-18-2)13-8-4-6-12-7-5-10-17-15(12)13/h5,7,10,13-14,16H,3-4,6,8-9,11H2,1-2H3. The number of ether oxygens (including phenoxy) is 1. The summed E-state index contributed by atoms with van der Waals surface area (Å²) in [5.74, 6) is 0.546. The second-order valence-electron chi connectivity index (χ2n) is 4.99. The van der Waals surface area contributed by atoms with Crippen LogP contribution in [0.1, 0.15) is 43.4 Å². The average Bonchev–Trinajstić information content (AvgIpc) is 2.43. The Labute approximate surface area is 110 Å². The number of rotatable bonds is 6. The Morgan fingerprint density at radius 1 is 1.56 bits per heavy atom. The third-order valence-corrected chi connectivity index (χ3v) is 3.82. The van der Waals surface area contributed by atoms with Crippen LogP contribution in [0.3, 0.4) is 0 Å². The second-order valence-corrected chi connectivity index (χ2v) is 4.99. The van der Waals surface area contributed by atoms with E-state index in [2.05, 4.69) is 29.4 Å². The highest BCUT2D eigenvalue weighted by Gasteiger charge is 2.28. The number of hydrogen-bond donors (Lipinski definition) is 1. The maximum Gasteiger partial charge on any atom is 0.0481 e. The molecule has 1 aliphatic rings. The molecule has 0 spiro atoms. The van der Waals surface area contributed by atoms with Crippen LogP contribution in [0.2, 0.25) is 0 Å². The van der Waals surface area contributed by atoms with Crippen LogP contribution in [-0.2, 0) is 11.2 Å². The van der Waals surface area contributed by atoms with Gasteiger partial charge in [-0.25, -0.2) is 0 Å². The Kier molecular flexibility index (Phi) is 5.14. The first-order valence-electron chi connectivity index (χ1n) is 7.03. The smallest absolute Gasteiger partial charge is 0.0481 e. The number of aromatic nitrogens is 1. The predicted molar refractivity (Wildman–Crippen MR) is 73.9 cm³/mol. The highest BCUT2D eigenvalue weighted by atomic mass is 16.5. The van der Waals surface area contributed by atoms with Gasteiger partial charge < -0.3 is 10.1 Å². The van der Waals surface area contributed by atoms with Crippen molar-refractivity contribution in [3.05, 3.63) is 29.6 Å². The van der Waals surface area contributed by atoms with Crippen molar-refractivity contribution in [3.63, 3.8) is 0 Å². The fourth-order valence-electron chi connectivity index (χ4n) is 2.99. The quantitative estimate of drug-likeness (QED) is 0.840. The number of fused-ring (bicyclic) bond motifs is 1. The van der Waals surface area contributed by atoms with Crippen LogP contribution in [0.15, 0.2) is 18.3 Å². The first-order chi connectivity index (χ1) is 8.86. The van der Waals surface area contributed by atoms with Crippen LogP contribution in [0.5, 0.6) is 0 Å². The van der Waals surface area contributed by atoms with Crippen LogP contribution >= 0.6 is 0 Å². The van der Waals surface area contributed by atoms with Crippen LogP contribution in [-0.4, -0.2) is 31.3 Å². The van der Waals surface area contributed by atoms with Crippen LogP contribution in [0.25, 0.3) is 0 Å². The van der Waals surface area contributed by atoms with E-state index in [1.807, 2.05) is 6.20 Å². The highest BCUT2D eigenvalue weighted by molar-refractivity contribution is 5.27. The van der Waals surface area contributed by atoms with Crippen molar-refractivity contribution in [2.75, 3.05) is 20.3 Å². The monoisotopic (exact) mass is 248 g/mol. The fourth-order valence-corrected chi connectivity index (χ4v) is 2.99. The Bertz CT molecular complexity index is 367. The summed E-state index contributed by atoms with van der Waals surface area (Å²) in [6.45, 7) is 3.99. The normalized spacial score (nSPS) is 20.4. The van der Waals surface area contributed by atoms with E-state index in [1.165, 1.54) is 30.5 Å². The van der Waals surface area contributed by atoms with Gasteiger partial charge in [0.2, 0.25) is 0 Å². The molecule has 0 aliphatic heterocycles.